The first-order chi connectivity index (χ1) is 30.0. The molecule has 0 amide bonds. The van der Waals surface area contributed by atoms with Crippen LogP contribution in [0.4, 0.5) is 0 Å². The van der Waals surface area contributed by atoms with Crippen LogP contribution in [-0.2, 0) is 18.9 Å². The van der Waals surface area contributed by atoms with E-state index in [1.54, 1.807) is 84.9 Å². The first-order valence-corrected chi connectivity index (χ1v) is 19.4. The zero-order valence-corrected chi connectivity index (χ0v) is 34.0. The van der Waals surface area contributed by atoms with Crippen LogP contribution in [0, 0.1) is 0 Å². The van der Waals surface area contributed by atoms with Crippen molar-refractivity contribution in [3.05, 3.63) is 168 Å². The van der Waals surface area contributed by atoms with Crippen LogP contribution in [0.15, 0.2) is 146 Å². The van der Waals surface area contributed by atoms with Gasteiger partial charge in [-0.1, -0.05) is 72.8 Å². The standard InChI is InChI=1S/C52H38O10/c1-59-49(55)33-13-5-29(6-14-33)37-21-23-39-43(25-37)41(31-9-17-35(18-10-31)51(57)61-3)27-45(53)47(39)48-40-24-22-38(30-7-15-34(16-8-30)50(56)60-2)26-44(40)42(28-46(48)54)32-11-19-36(20-12-32)52(58)62-4/h5-28,53-54H,1-4H3. The molecular weight excluding hydrogens is 785 g/mol. The first kappa shape index (κ1) is 40.5. The van der Waals surface area contributed by atoms with Crippen molar-refractivity contribution >= 4 is 45.4 Å². The number of aromatic hydroxyl groups is 2. The summed E-state index contributed by atoms with van der Waals surface area (Å²) in [6, 6.07) is 42.7. The molecule has 0 atom stereocenters. The van der Waals surface area contributed by atoms with Gasteiger partial charge in [0.05, 0.1) is 50.7 Å². The second kappa shape index (κ2) is 16.8. The monoisotopic (exact) mass is 822 g/mol. The summed E-state index contributed by atoms with van der Waals surface area (Å²) < 4.78 is 19.6. The van der Waals surface area contributed by atoms with Gasteiger partial charge in [-0.05, 0) is 139 Å². The number of rotatable bonds is 9. The third-order valence-corrected chi connectivity index (χ3v) is 11.0. The minimum absolute atomic E-state index is 0.103. The van der Waals surface area contributed by atoms with E-state index in [1.807, 2.05) is 60.7 Å². The van der Waals surface area contributed by atoms with Crippen molar-refractivity contribution in [2.45, 2.75) is 0 Å². The SMILES string of the molecule is COC(=O)c1ccc(-c2ccc3c(-c4c(O)cc(-c5ccc(C(=O)OC)cc5)c5cc(-c6ccc(C(=O)OC)cc6)ccc45)c(O)cc(-c4ccc(C(=O)OC)cc4)c3c2)cc1. The Balaban J connectivity index is 1.37. The fourth-order valence-corrected chi connectivity index (χ4v) is 7.82. The van der Waals surface area contributed by atoms with Crippen molar-refractivity contribution in [1.29, 1.82) is 0 Å². The highest BCUT2D eigenvalue weighted by molar-refractivity contribution is 6.17. The van der Waals surface area contributed by atoms with Crippen LogP contribution >= 0.6 is 0 Å². The molecule has 8 rings (SSSR count). The topological polar surface area (TPSA) is 146 Å². The number of ether oxygens (including phenoxy) is 4. The van der Waals surface area contributed by atoms with Gasteiger partial charge >= 0.3 is 23.9 Å². The fraction of sp³-hybridized carbons (Fsp3) is 0.0769. The Morgan fingerprint density at radius 2 is 0.581 bits per heavy atom. The maximum absolute atomic E-state index is 12.3. The van der Waals surface area contributed by atoms with E-state index in [0.717, 1.165) is 33.0 Å². The molecule has 8 aromatic rings. The van der Waals surface area contributed by atoms with Crippen molar-refractivity contribution in [2.24, 2.45) is 0 Å². The molecule has 62 heavy (non-hydrogen) atoms. The molecular formula is C52H38O10. The molecule has 0 saturated carbocycles. The van der Waals surface area contributed by atoms with E-state index in [2.05, 4.69) is 0 Å². The molecule has 0 aromatic heterocycles. The lowest BCUT2D eigenvalue weighted by molar-refractivity contribution is 0.0592. The van der Waals surface area contributed by atoms with Crippen LogP contribution in [0.2, 0.25) is 0 Å². The molecule has 0 spiro atoms. The van der Waals surface area contributed by atoms with Crippen LogP contribution < -0.4 is 0 Å². The van der Waals surface area contributed by atoms with Gasteiger partial charge in [-0.3, -0.25) is 0 Å². The Kier molecular flexibility index (Phi) is 11.0. The lowest BCUT2D eigenvalue weighted by Crippen LogP contribution is -2.00. The van der Waals surface area contributed by atoms with Gasteiger partial charge in [0.1, 0.15) is 11.5 Å². The largest absolute Gasteiger partial charge is 0.507 e. The Bertz CT molecular complexity index is 2850. The number of hydrogen-bond acceptors (Lipinski definition) is 10. The number of esters is 4. The molecule has 0 bridgehead atoms. The van der Waals surface area contributed by atoms with Crippen LogP contribution in [-0.4, -0.2) is 62.5 Å². The molecule has 0 aliphatic carbocycles. The molecule has 8 aromatic carbocycles. The number of carbonyl (C=O) groups is 4. The highest BCUT2D eigenvalue weighted by Crippen LogP contribution is 2.50. The van der Waals surface area contributed by atoms with Crippen molar-refractivity contribution in [3.8, 4) is 67.1 Å². The molecule has 0 aliphatic heterocycles. The van der Waals surface area contributed by atoms with Crippen molar-refractivity contribution in [2.75, 3.05) is 28.4 Å². The van der Waals surface area contributed by atoms with Crippen LogP contribution in [0.1, 0.15) is 41.4 Å². The van der Waals surface area contributed by atoms with Gasteiger partial charge < -0.3 is 29.2 Å². The molecule has 0 fully saturated rings. The molecule has 306 valence electrons. The number of fused-ring (bicyclic) bond motifs is 2. The van der Waals surface area contributed by atoms with E-state index in [-0.39, 0.29) is 11.5 Å². The predicted octanol–water partition coefficient (Wildman–Crippen LogP) is 10.9. The second-order valence-corrected chi connectivity index (χ2v) is 14.4. The number of methoxy groups -OCH3 is 4. The summed E-state index contributed by atoms with van der Waals surface area (Å²) in [6.07, 6.45) is 0. The van der Waals surface area contributed by atoms with Crippen molar-refractivity contribution < 1.29 is 48.3 Å². The Hall–Kier alpha value is -8.24. The van der Waals surface area contributed by atoms with Gasteiger partial charge in [-0.2, -0.15) is 0 Å². The van der Waals surface area contributed by atoms with Gasteiger partial charge in [0, 0.05) is 11.1 Å². The van der Waals surface area contributed by atoms with E-state index < -0.39 is 23.9 Å². The molecule has 0 heterocycles. The predicted molar refractivity (Wildman–Crippen MR) is 237 cm³/mol. The van der Waals surface area contributed by atoms with E-state index >= 15 is 0 Å². The number of phenolic OH excluding ortho intramolecular Hbond substituents is 2. The van der Waals surface area contributed by atoms with Crippen molar-refractivity contribution in [3.63, 3.8) is 0 Å². The van der Waals surface area contributed by atoms with Crippen LogP contribution in [0.3, 0.4) is 0 Å². The third-order valence-electron chi connectivity index (χ3n) is 11.0. The molecule has 2 N–H and O–H groups in total. The fourth-order valence-electron chi connectivity index (χ4n) is 7.82. The summed E-state index contributed by atoms with van der Waals surface area (Å²) in [5.41, 5.74) is 8.34. The average molecular weight is 823 g/mol. The molecule has 0 unspecified atom stereocenters. The van der Waals surface area contributed by atoms with Gasteiger partial charge in [-0.25, -0.2) is 19.2 Å². The molecule has 0 radical (unpaired) electrons. The summed E-state index contributed by atoms with van der Waals surface area (Å²) in [4.78, 5) is 49.1. The summed E-state index contributed by atoms with van der Waals surface area (Å²) >= 11 is 0. The summed E-state index contributed by atoms with van der Waals surface area (Å²) in [5.74, 6) is -2.07. The maximum atomic E-state index is 12.3. The normalized spacial score (nSPS) is 11.0. The van der Waals surface area contributed by atoms with Crippen LogP contribution in [0.25, 0.3) is 77.2 Å². The van der Waals surface area contributed by atoms with E-state index in [1.165, 1.54) is 28.4 Å². The van der Waals surface area contributed by atoms with E-state index in [9.17, 15) is 29.4 Å². The van der Waals surface area contributed by atoms with Crippen molar-refractivity contribution in [1.82, 2.24) is 0 Å². The zero-order chi connectivity index (χ0) is 43.7. The van der Waals surface area contributed by atoms with Crippen LogP contribution in [0.5, 0.6) is 11.5 Å². The van der Waals surface area contributed by atoms with E-state index in [4.69, 9.17) is 18.9 Å². The van der Waals surface area contributed by atoms with E-state index in [0.29, 0.717) is 66.4 Å². The number of phenols is 2. The van der Waals surface area contributed by atoms with Gasteiger partial charge in [0.15, 0.2) is 0 Å². The maximum Gasteiger partial charge on any atom is 0.337 e. The quantitative estimate of drug-likeness (QED) is 0.107. The smallest absolute Gasteiger partial charge is 0.337 e. The average Bonchev–Trinajstić information content (AvgIpc) is 3.32. The number of hydrogen-bond donors (Lipinski definition) is 2. The molecule has 10 heteroatoms. The third kappa shape index (κ3) is 7.45. The molecule has 0 saturated heterocycles. The molecule has 0 aliphatic rings. The number of benzene rings is 8. The Morgan fingerprint density at radius 3 is 0.855 bits per heavy atom. The summed E-state index contributed by atoms with van der Waals surface area (Å²) in [6.45, 7) is 0. The highest BCUT2D eigenvalue weighted by atomic mass is 16.5. The lowest BCUT2D eigenvalue weighted by Gasteiger charge is -2.20. The summed E-state index contributed by atoms with van der Waals surface area (Å²) in [7, 11) is 5.29. The molecule has 10 nitrogen and oxygen atoms in total. The minimum Gasteiger partial charge on any atom is -0.507 e. The second-order valence-electron chi connectivity index (χ2n) is 14.4. The Labute approximate surface area is 356 Å². The Morgan fingerprint density at radius 1 is 0.323 bits per heavy atom. The highest BCUT2D eigenvalue weighted by Gasteiger charge is 2.23. The minimum atomic E-state index is -0.483. The zero-order valence-electron chi connectivity index (χ0n) is 34.0. The van der Waals surface area contributed by atoms with Gasteiger partial charge in [0.2, 0.25) is 0 Å². The first-order valence-electron chi connectivity index (χ1n) is 19.4. The van der Waals surface area contributed by atoms with Gasteiger partial charge in [-0.15, -0.1) is 0 Å². The summed E-state index contributed by atoms with van der Waals surface area (Å²) in [5, 5.41) is 27.0. The number of carbonyl (C=O) groups excluding carboxylic acids is 4. The lowest BCUT2D eigenvalue weighted by atomic mass is 9.85. The van der Waals surface area contributed by atoms with Gasteiger partial charge in [0.25, 0.3) is 0 Å².